The Labute approximate surface area is 175 Å². The summed E-state index contributed by atoms with van der Waals surface area (Å²) in [5, 5.41) is 9.27. The van der Waals surface area contributed by atoms with Gasteiger partial charge in [-0.1, -0.05) is 24.3 Å². The van der Waals surface area contributed by atoms with Crippen LogP contribution in [0.15, 0.2) is 65.2 Å². The highest BCUT2D eigenvalue weighted by Gasteiger charge is 2.11. The van der Waals surface area contributed by atoms with Crippen molar-refractivity contribution in [3.05, 3.63) is 87.0 Å². The molecule has 3 heterocycles. The smallest absolute Gasteiger partial charge is 0.264 e. The van der Waals surface area contributed by atoms with Crippen LogP contribution in [-0.2, 0) is 17.9 Å². The second kappa shape index (κ2) is 8.83. The maximum Gasteiger partial charge on any atom is 0.264 e. The molecule has 0 atom stereocenters. The van der Waals surface area contributed by atoms with Gasteiger partial charge in [-0.25, -0.2) is 14.1 Å². The summed E-state index contributed by atoms with van der Waals surface area (Å²) in [6.45, 7) is 0.794. The van der Waals surface area contributed by atoms with Gasteiger partial charge in [0.25, 0.3) is 5.56 Å². The molecule has 1 aromatic carbocycles. The number of nitrogens with zero attached hydrogens (tertiary/aromatic N) is 4. The van der Waals surface area contributed by atoms with Gasteiger partial charge in [0, 0.05) is 23.1 Å². The van der Waals surface area contributed by atoms with Crippen molar-refractivity contribution in [1.82, 2.24) is 24.6 Å². The minimum atomic E-state index is -0.371. The molecule has 7 nitrogen and oxygen atoms in total. The van der Waals surface area contributed by atoms with E-state index in [4.69, 9.17) is 0 Å². The van der Waals surface area contributed by atoms with Crippen molar-refractivity contribution in [2.24, 2.45) is 0 Å². The van der Waals surface area contributed by atoms with Crippen molar-refractivity contribution >= 4 is 34.4 Å². The summed E-state index contributed by atoms with van der Waals surface area (Å²) in [5.74, 6) is -0.580. The van der Waals surface area contributed by atoms with E-state index in [2.05, 4.69) is 15.4 Å². The minimum absolute atomic E-state index is 0.0895. The van der Waals surface area contributed by atoms with Gasteiger partial charge in [-0.3, -0.25) is 14.2 Å². The van der Waals surface area contributed by atoms with Crippen molar-refractivity contribution in [3.63, 3.8) is 0 Å². The maximum absolute atomic E-state index is 13.9. The molecule has 0 aliphatic rings. The Bertz CT molecular complexity index is 1260. The zero-order valence-electron chi connectivity index (χ0n) is 15.9. The number of carbonyl (C=O) groups excluding carboxylic acids is 1. The van der Waals surface area contributed by atoms with E-state index in [0.717, 1.165) is 4.88 Å². The van der Waals surface area contributed by atoms with Crippen LogP contribution in [0.4, 0.5) is 4.39 Å². The zero-order valence-corrected chi connectivity index (χ0v) is 16.7. The molecular formula is C21H18FN5O2S. The number of hydrogen-bond acceptors (Lipinski definition) is 5. The topological polar surface area (TPSA) is 81.8 Å². The Hall–Kier alpha value is -3.59. The molecule has 0 saturated carbocycles. The second-order valence-corrected chi connectivity index (χ2v) is 7.49. The predicted molar refractivity (Wildman–Crippen MR) is 114 cm³/mol. The molecule has 0 aliphatic heterocycles. The van der Waals surface area contributed by atoms with Gasteiger partial charge in [0.15, 0.2) is 5.65 Å². The Morgan fingerprint density at radius 1 is 1.23 bits per heavy atom. The van der Waals surface area contributed by atoms with Gasteiger partial charge in [-0.2, -0.15) is 5.10 Å². The van der Waals surface area contributed by atoms with Gasteiger partial charge in [-0.15, -0.1) is 11.3 Å². The highest BCUT2D eigenvalue weighted by atomic mass is 32.1. The van der Waals surface area contributed by atoms with Crippen molar-refractivity contribution in [2.75, 3.05) is 6.54 Å². The fourth-order valence-electron chi connectivity index (χ4n) is 2.97. The van der Waals surface area contributed by atoms with Crippen molar-refractivity contribution in [2.45, 2.75) is 13.1 Å². The summed E-state index contributed by atoms with van der Waals surface area (Å²) in [7, 11) is 0. The number of carbonyl (C=O) groups is 1. The quantitative estimate of drug-likeness (QED) is 0.464. The third-order valence-corrected chi connectivity index (χ3v) is 5.32. The Morgan fingerprint density at radius 2 is 2.10 bits per heavy atom. The van der Waals surface area contributed by atoms with Crippen molar-refractivity contribution < 1.29 is 9.18 Å². The first-order chi connectivity index (χ1) is 14.6. The molecule has 3 aromatic heterocycles. The SMILES string of the molecule is O=C(/C=C/c1cccs1)NCCn1ncc2c(=O)n(Cc3ccccc3F)cnc21. The Morgan fingerprint density at radius 3 is 2.90 bits per heavy atom. The number of rotatable bonds is 7. The molecule has 0 saturated heterocycles. The molecule has 1 N–H and O–H groups in total. The van der Waals surface area contributed by atoms with Crippen LogP contribution in [0.5, 0.6) is 0 Å². The summed E-state index contributed by atoms with van der Waals surface area (Å²) in [4.78, 5) is 29.9. The predicted octanol–water partition coefficient (Wildman–Crippen LogP) is 2.67. The van der Waals surface area contributed by atoms with Crippen LogP contribution >= 0.6 is 11.3 Å². The molecule has 0 aliphatic carbocycles. The lowest BCUT2D eigenvalue weighted by Crippen LogP contribution is -2.26. The van der Waals surface area contributed by atoms with Crippen LogP contribution in [0.25, 0.3) is 17.1 Å². The van der Waals surface area contributed by atoms with Crippen LogP contribution in [0, 0.1) is 5.82 Å². The molecular weight excluding hydrogens is 405 g/mol. The van der Waals surface area contributed by atoms with E-state index >= 15 is 0 Å². The van der Waals surface area contributed by atoms with E-state index in [0.29, 0.717) is 29.7 Å². The summed E-state index contributed by atoms with van der Waals surface area (Å²) >= 11 is 1.55. The van der Waals surface area contributed by atoms with E-state index in [9.17, 15) is 14.0 Å². The average Bonchev–Trinajstić information content (AvgIpc) is 3.40. The summed E-state index contributed by atoms with van der Waals surface area (Å²) in [6.07, 6.45) is 6.06. The third-order valence-electron chi connectivity index (χ3n) is 4.49. The lowest BCUT2D eigenvalue weighted by atomic mass is 10.2. The van der Waals surface area contributed by atoms with E-state index in [-0.39, 0.29) is 23.8 Å². The molecule has 0 fully saturated rings. The monoisotopic (exact) mass is 423 g/mol. The second-order valence-electron chi connectivity index (χ2n) is 6.51. The zero-order chi connectivity index (χ0) is 20.9. The van der Waals surface area contributed by atoms with Crippen LogP contribution < -0.4 is 10.9 Å². The fraction of sp³-hybridized carbons (Fsp3) is 0.143. The number of nitrogens with one attached hydrogen (secondary N) is 1. The molecule has 0 radical (unpaired) electrons. The summed E-state index contributed by atoms with van der Waals surface area (Å²) in [6, 6.07) is 10.2. The van der Waals surface area contributed by atoms with Gasteiger partial charge in [0.05, 0.1) is 19.3 Å². The van der Waals surface area contributed by atoms with Gasteiger partial charge < -0.3 is 5.32 Å². The standard InChI is InChI=1S/C21H18FN5O2S/c22-18-6-2-1-4-15(18)13-26-14-24-20-17(21(26)29)12-25-27(20)10-9-23-19(28)8-7-16-5-3-11-30-16/h1-8,11-12,14H,9-10,13H2,(H,23,28)/b8-7+. The fourth-order valence-corrected chi connectivity index (χ4v) is 3.59. The number of thiophene rings is 1. The van der Waals surface area contributed by atoms with Gasteiger partial charge >= 0.3 is 0 Å². The molecule has 4 aromatic rings. The number of fused-ring (bicyclic) bond motifs is 1. The molecule has 9 heteroatoms. The largest absolute Gasteiger partial charge is 0.351 e. The van der Waals surface area contributed by atoms with Crippen LogP contribution in [0.3, 0.4) is 0 Å². The minimum Gasteiger partial charge on any atom is -0.351 e. The maximum atomic E-state index is 13.9. The van der Waals surface area contributed by atoms with Crippen molar-refractivity contribution in [1.29, 1.82) is 0 Å². The van der Waals surface area contributed by atoms with Gasteiger partial charge in [-0.05, 0) is 23.6 Å². The Kier molecular flexibility index (Phi) is 5.80. The number of halogens is 1. The molecule has 4 rings (SSSR count). The van der Waals surface area contributed by atoms with Crippen LogP contribution in [0.1, 0.15) is 10.4 Å². The lowest BCUT2D eigenvalue weighted by Gasteiger charge is -2.07. The normalized spacial score (nSPS) is 11.4. The van der Waals surface area contributed by atoms with Crippen LogP contribution in [-0.4, -0.2) is 31.8 Å². The Balaban J connectivity index is 1.42. The first-order valence-electron chi connectivity index (χ1n) is 9.25. The summed E-state index contributed by atoms with van der Waals surface area (Å²) in [5.41, 5.74) is 0.539. The highest BCUT2D eigenvalue weighted by molar-refractivity contribution is 7.10. The average molecular weight is 423 g/mol. The van der Waals surface area contributed by atoms with E-state index in [1.807, 2.05) is 17.5 Å². The number of benzene rings is 1. The third kappa shape index (κ3) is 4.36. The van der Waals surface area contributed by atoms with E-state index < -0.39 is 0 Å². The molecule has 1 amide bonds. The molecule has 0 bridgehead atoms. The first kappa shape index (κ1) is 19.7. The lowest BCUT2D eigenvalue weighted by molar-refractivity contribution is -0.116. The van der Waals surface area contributed by atoms with E-state index in [1.54, 1.807) is 40.3 Å². The number of hydrogen-bond donors (Lipinski definition) is 1. The van der Waals surface area contributed by atoms with Gasteiger partial charge in [0.1, 0.15) is 17.5 Å². The van der Waals surface area contributed by atoms with Gasteiger partial charge in [0.2, 0.25) is 5.91 Å². The molecule has 0 spiro atoms. The van der Waals surface area contributed by atoms with Crippen molar-refractivity contribution in [3.8, 4) is 0 Å². The number of amides is 1. The highest BCUT2D eigenvalue weighted by Crippen LogP contribution is 2.11. The molecule has 30 heavy (non-hydrogen) atoms. The van der Waals surface area contributed by atoms with Crippen LogP contribution in [0.2, 0.25) is 0 Å². The number of aromatic nitrogens is 4. The van der Waals surface area contributed by atoms with E-state index in [1.165, 1.54) is 29.2 Å². The molecule has 0 unspecified atom stereocenters. The first-order valence-corrected chi connectivity index (χ1v) is 10.1. The summed E-state index contributed by atoms with van der Waals surface area (Å²) < 4.78 is 16.8. The molecule has 152 valence electrons.